The summed E-state index contributed by atoms with van der Waals surface area (Å²) < 4.78 is 5.31. The first-order chi connectivity index (χ1) is 10.8. The minimum atomic E-state index is 0.595. The van der Waals surface area contributed by atoms with Crippen molar-refractivity contribution in [2.24, 2.45) is 0 Å². The molecule has 0 saturated carbocycles. The standard InChI is InChI=1S/C16H17N5O/c1-21(10-6-13-3-2-7-18-11-13)12-15-19-16(20-22-15)14-4-8-17-9-5-14/h2-5,7-9,11H,6,10,12H2,1H3. The van der Waals surface area contributed by atoms with Crippen molar-refractivity contribution in [3.63, 3.8) is 0 Å². The van der Waals surface area contributed by atoms with Crippen molar-refractivity contribution in [3.8, 4) is 11.4 Å². The van der Waals surface area contributed by atoms with Crippen LogP contribution >= 0.6 is 0 Å². The number of nitrogens with zero attached hydrogens (tertiary/aromatic N) is 5. The largest absolute Gasteiger partial charge is 0.338 e. The van der Waals surface area contributed by atoms with Crippen LogP contribution in [0.2, 0.25) is 0 Å². The van der Waals surface area contributed by atoms with Gasteiger partial charge in [0.25, 0.3) is 0 Å². The second-order valence-corrected chi connectivity index (χ2v) is 5.10. The van der Waals surface area contributed by atoms with Gasteiger partial charge in [-0.15, -0.1) is 0 Å². The molecule has 6 heteroatoms. The van der Waals surface area contributed by atoms with E-state index in [9.17, 15) is 0 Å². The first-order valence-electron chi connectivity index (χ1n) is 7.12. The summed E-state index contributed by atoms with van der Waals surface area (Å²) in [5, 5.41) is 4.01. The summed E-state index contributed by atoms with van der Waals surface area (Å²) in [4.78, 5) is 14.7. The summed E-state index contributed by atoms with van der Waals surface area (Å²) in [6.45, 7) is 1.52. The van der Waals surface area contributed by atoms with Crippen LogP contribution in [0.15, 0.2) is 53.6 Å². The molecule has 0 aromatic carbocycles. The predicted molar refractivity (Wildman–Crippen MR) is 81.8 cm³/mol. The van der Waals surface area contributed by atoms with Gasteiger partial charge >= 0.3 is 0 Å². The highest BCUT2D eigenvalue weighted by Crippen LogP contribution is 2.14. The molecule has 0 fully saturated rings. The topological polar surface area (TPSA) is 67.9 Å². The zero-order valence-corrected chi connectivity index (χ0v) is 12.4. The number of hydrogen-bond acceptors (Lipinski definition) is 6. The second-order valence-electron chi connectivity index (χ2n) is 5.10. The van der Waals surface area contributed by atoms with Gasteiger partial charge in [0.05, 0.1) is 6.54 Å². The van der Waals surface area contributed by atoms with Crippen LogP contribution in [0, 0.1) is 0 Å². The molecule has 0 saturated heterocycles. The molecule has 22 heavy (non-hydrogen) atoms. The Kier molecular flexibility index (Phi) is 4.50. The van der Waals surface area contributed by atoms with E-state index in [0.29, 0.717) is 18.3 Å². The van der Waals surface area contributed by atoms with Gasteiger partial charge in [-0.1, -0.05) is 11.2 Å². The van der Waals surface area contributed by atoms with Gasteiger partial charge in [-0.3, -0.25) is 14.9 Å². The fourth-order valence-electron chi connectivity index (χ4n) is 2.11. The Hall–Kier alpha value is -2.60. The van der Waals surface area contributed by atoms with Crippen molar-refractivity contribution >= 4 is 0 Å². The maximum Gasteiger partial charge on any atom is 0.241 e. The third-order valence-corrected chi connectivity index (χ3v) is 3.32. The number of likely N-dealkylation sites (N-methyl/N-ethyl adjacent to an activating group) is 1. The zero-order valence-electron chi connectivity index (χ0n) is 12.4. The van der Waals surface area contributed by atoms with Crippen LogP contribution in [0.3, 0.4) is 0 Å². The fourth-order valence-corrected chi connectivity index (χ4v) is 2.11. The smallest absolute Gasteiger partial charge is 0.241 e. The van der Waals surface area contributed by atoms with Crippen LogP contribution in [0.1, 0.15) is 11.5 Å². The molecule has 0 aliphatic heterocycles. The second kappa shape index (κ2) is 6.91. The molecule has 0 unspecified atom stereocenters. The predicted octanol–water partition coefficient (Wildman–Crippen LogP) is 2.20. The SMILES string of the molecule is CN(CCc1cccnc1)Cc1nc(-c2ccncc2)no1. The first-order valence-corrected chi connectivity index (χ1v) is 7.12. The molecule has 0 aliphatic rings. The molecule has 3 aromatic heterocycles. The molecule has 112 valence electrons. The lowest BCUT2D eigenvalue weighted by Crippen LogP contribution is -2.20. The quantitative estimate of drug-likeness (QED) is 0.694. The van der Waals surface area contributed by atoms with Crippen LogP contribution in [0.4, 0.5) is 0 Å². The van der Waals surface area contributed by atoms with Gasteiger partial charge in [0, 0.05) is 36.9 Å². The van der Waals surface area contributed by atoms with Crippen LogP contribution in [-0.2, 0) is 13.0 Å². The van der Waals surface area contributed by atoms with Gasteiger partial charge < -0.3 is 4.52 Å². The van der Waals surface area contributed by atoms with Gasteiger partial charge in [0.1, 0.15) is 0 Å². The number of aromatic nitrogens is 4. The molecule has 3 heterocycles. The maximum atomic E-state index is 5.31. The Morgan fingerprint density at radius 3 is 2.73 bits per heavy atom. The van der Waals surface area contributed by atoms with Gasteiger partial charge in [-0.25, -0.2) is 0 Å². The van der Waals surface area contributed by atoms with Crippen LogP contribution in [-0.4, -0.2) is 38.6 Å². The Labute approximate surface area is 128 Å². The number of hydrogen-bond donors (Lipinski definition) is 0. The van der Waals surface area contributed by atoms with Crippen LogP contribution < -0.4 is 0 Å². The lowest BCUT2D eigenvalue weighted by molar-refractivity contribution is 0.269. The van der Waals surface area contributed by atoms with Crippen LogP contribution in [0.25, 0.3) is 11.4 Å². The Bertz CT molecular complexity index is 699. The van der Waals surface area contributed by atoms with Gasteiger partial charge in [0.15, 0.2) is 0 Å². The minimum Gasteiger partial charge on any atom is -0.338 e. The summed E-state index contributed by atoms with van der Waals surface area (Å²) in [6.07, 6.45) is 8.04. The average molecular weight is 295 g/mol. The molecular weight excluding hydrogens is 278 g/mol. The molecule has 0 bridgehead atoms. The minimum absolute atomic E-state index is 0.595. The molecule has 0 spiro atoms. The number of pyridine rings is 2. The molecule has 0 N–H and O–H groups in total. The van der Waals surface area contributed by atoms with Crippen molar-refractivity contribution in [2.45, 2.75) is 13.0 Å². The highest BCUT2D eigenvalue weighted by molar-refractivity contribution is 5.52. The van der Waals surface area contributed by atoms with E-state index in [1.165, 1.54) is 5.56 Å². The monoisotopic (exact) mass is 295 g/mol. The lowest BCUT2D eigenvalue weighted by atomic mass is 10.2. The molecule has 3 rings (SSSR count). The summed E-state index contributed by atoms with van der Waals surface area (Å²) in [5.74, 6) is 1.21. The van der Waals surface area contributed by atoms with Gasteiger partial charge in [0.2, 0.25) is 11.7 Å². The lowest BCUT2D eigenvalue weighted by Gasteiger charge is -2.13. The molecular formula is C16H17N5O. The van der Waals surface area contributed by atoms with E-state index in [1.54, 1.807) is 18.6 Å². The van der Waals surface area contributed by atoms with E-state index in [0.717, 1.165) is 18.5 Å². The summed E-state index contributed by atoms with van der Waals surface area (Å²) in [5.41, 5.74) is 2.13. The van der Waals surface area contributed by atoms with E-state index in [4.69, 9.17) is 4.52 Å². The zero-order chi connectivity index (χ0) is 15.2. The summed E-state index contributed by atoms with van der Waals surface area (Å²) in [7, 11) is 2.03. The maximum absolute atomic E-state index is 5.31. The van der Waals surface area contributed by atoms with Crippen molar-refractivity contribution < 1.29 is 4.52 Å². The van der Waals surface area contributed by atoms with E-state index in [2.05, 4.69) is 31.1 Å². The molecule has 0 radical (unpaired) electrons. The van der Waals surface area contributed by atoms with Crippen molar-refractivity contribution in [1.82, 2.24) is 25.0 Å². The average Bonchev–Trinajstić information content (AvgIpc) is 3.03. The summed E-state index contributed by atoms with van der Waals surface area (Å²) >= 11 is 0. The molecule has 0 atom stereocenters. The molecule has 0 aliphatic carbocycles. The number of rotatable bonds is 6. The Balaban J connectivity index is 1.56. The highest BCUT2D eigenvalue weighted by atomic mass is 16.5. The molecule has 6 nitrogen and oxygen atoms in total. The van der Waals surface area contributed by atoms with E-state index < -0.39 is 0 Å². The fraction of sp³-hybridized carbons (Fsp3) is 0.250. The normalized spacial score (nSPS) is 11.0. The van der Waals surface area contributed by atoms with Crippen molar-refractivity contribution in [1.29, 1.82) is 0 Å². The molecule has 0 amide bonds. The van der Waals surface area contributed by atoms with Crippen LogP contribution in [0.5, 0.6) is 0 Å². The first kappa shape index (κ1) is 14.3. The Morgan fingerprint density at radius 2 is 1.95 bits per heavy atom. The van der Waals surface area contributed by atoms with E-state index >= 15 is 0 Å². The van der Waals surface area contributed by atoms with E-state index in [-0.39, 0.29) is 0 Å². The Morgan fingerprint density at radius 1 is 1.09 bits per heavy atom. The highest BCUT2D eigenvalue weighted by Gasteiger charge is 2.10. The van der Waals surface area contributed by atoms with Gasteiger partial charge in [-0.2, -0.15) is 4.98 Å². The molecule has 3 aromatic rings. The van der Waals surface area contributed by atoms with Gasteiger partial charge in [-0.05, 0) is 37.2 Å². The third kappa shape index (κ3) is 3.73. The van der Waals surface area contributed by atoms with Crippen molar-refractivity contribution in [2.75, 3.05) is 13.6 Å². The summed E-state index contributed by atoms with van der Waals surface area (Å²) in [6, 6.07) is 7.75. The third-order valence-electron chi connectivity index (χ3n) is 3.32. The van der Waals surface area contributed by atoms with E-state index in [1.807, 2.05) is 31.4 Å². The van der Waals surface area contributed by atoms with Crippen molar-refractivity contribution in [3.05, 3.63) is 60.5 Å².